The number of carbonyl (C=O) groups excluding carboxylic acids is 1. The van der Waals surface area contributed by atoms with Gasteiger partial charge in [0.2, 0.25) is 0 Å². The molecule has 8 nitrogen and oxygen atoms in total. The first-order valence-corrected chi connectivity index (χ1v) is 6.63. The highest BCUT2D eigenvalue weighted by Crippen LogP contribution is 2.28. The van der Waals surface area contributed by atoms with Gasteiger partial charge < -0.3 is 15.2 Å². The van der Waals surface area contributed by atoms with Gasteiger partial charge in [0.15, 0.2) is 5.75 Å². The lowest BCUT2D eigenvalue weighted by Gasteiger charge is -2.31. The standard InChI is InChI=1S/C13H17N3O5/c1-2-15-5-6-21-12(8-15)13(18)14-9-3-4-11(17)10(7-9)16(19)20/h3-4,7,12,17H,2,5-6,8H2,1H3,(H,14,18)/t12-/m0/s1. The van der Waals surface area contributed by atoms with Crippen molar-refractivity contribution in [3.63, 3.8) is 0 Å². The molecule has 1 heterocycles. The Kier molecular flexibility index (Phi) is 4.71. The van der Waals surface area contributed by atoms with E-state index in [4.69, 9.17) is 4.74 Å². The van der Waals surface area contributed by atoms with Crippen molar-refractivity contribution >= 4 is 17.3 Å². The van der Waals surface area contributed by atoms with Crippen LogP contribution in [0.1, 0.15) is 6.92 Å². The van der Waals surface area contributed by atoms with E-state index >= 15 is 0 Å². The van der Waals surface area contributed by atoms with Gasteiger partial charge in [-0.15, -0.1) is 0 Å². The number of likely N-dealkylation sites (N-methyl/N-ethyl adjacent to an activating group) is 1. The summed E-state index contributed by atoms with van der Waals surface area (Å²) >= 11 is 0. The average molecular weight is 295 g/mol. The number of ether oxygens (including phenoxy) is 1. The molecule has 0 unspecified atom stereocenters. The molecule has 1 saturated heterocycles. The van der Waals surface area contributed by atoms with Crippen molar-refractivity contribution in [1.29, 1.82) is 0 Å². The van der Waals surface area contributed by atoms with E-state index in [9.17, 15) is 20.0 Å². The molecule has 114 valence electrons. The summed E-state index contributed by atoms with van der Waals surface area (Å²) in [4.78, 5) is 24.2. The van der Waals surface area contributed by atoms with Gasteiger partial charge in [-0.2, -0.15) is 0 Å². The largest absolute Gasteiger partial charge is 0.502 e. The molecule has 0 bridgehead atoms. The molecule has 0 aromatic heterocycles. The van der Waals surface area contributed by atoms with E-state index in [0.29, 0.717) is 13.2 Å². The lowest BCUT2D eigenvalue weighted by Crippen LogP contribution is -2.47. The van der Waals surface area contributed by atoms with Crippen LogP contribution in [-0.2, 0) is 9.53 Å². The summed E-state index contributed by atoms with van der Waals surface area (Å²) in [6.45, 7) is 4.58. The molecule has 1 aliphatic heterocycles. The highest BCUT2D eigenvalue weighted by molar-refractivity contribution is 5.94. The van der Waals surface area contributed by atoms with Gasteiger partial charge in [-0.25, -0.2) is 0 Å². The number of hydrogen-bond acceptors (Lipinski definition) is 6. The zero-order valence-corrected chi connectivity index (χ0v) is 11.6. The number of rotatable bonds is 4. The molecule has 0 aliphatic carbocycles. The Hall–Kier alpha value is -2.19. The molecule has 1 amide bonds. The zero-order chi connectivity index (χ0) is 15.4. The quantitative estimate of drug-likeness (QED) is 0.487. The van der Waals surface area contributed by atoms with Crippen LogP contribution in [-0.4, -0.2) is 53.2 Å². The molecule has 0 spiro atoms. The lowest BCUT2D eigenvalue weighted by molar-refractivity contribution is -0.385. The molecule has 21 heavy (non-hydrogen) atoms. The van der Waals surface area contributed by atoms with Crippen molar-refractivity contribution in [2.75, 3.05) is 31.6 Å². The van der Waals surface area contributed by atoms with Crippen LogP contribution >= 0.6 is 0 Å². The van der Waals surface area contributed by atoms with Crippen LogP contribution in [0.4, 0.5) is 11.4 Å². The normalized spacial score (nSPS) is 19.2. The molecule has 8 heteroatoms. The summed E-state index contributed by atoms with van der Waals surface area (Å²) in [5.74, 6) is -0.794. The fourth-order valence-electron chi connectivity index (χ4n) is 2.12. The molecule has 2 N–H and O–H groups in total. The number of nitro benzene ring substituents is 1. The first-order chi connectivity index (χ1) is 10.0. The van der Waals surface area contributed by atoms with Crippen LogP contribution in [0.15, 0.2) is 18.2 Å². The second-order valence-corrected chi connectivity index (χ2v) is 4.70. The maximum Gasteiger partial charge on any atom is 0.312 e. The van der Waals surface area contributed by atoms with Crippen molar-refractivity contribution < 1.29 is 19.6 Å². The Bertz CT molecular complexity index is 549. The topological polar surface area (TPSA) is 105 Å². The number of benzene rings is 1. The Labute approximate surface area is 121 Å². The maximum atomic E-state index is 12.1. The molecule has 1 fully saturated rings. The first-order valence-electron chi connectivity index (χ1n) is 6.63. The van der Waals surface area contributed by atoms with E-state index in [1.165, 1.54) is 12.1 Å². The second kappa shape index (κ2) is 6.51. The van der Waals surface area contributed by atoms with Crippen LogP contribution in [0.5, 0.6) is 5.75 Å². The number of anilines is 1. The Morgan fingerprint density at radius 3 is 3.05 bits per heavy atom. The predicted octanol–water partition coefficient (Wildman–Crippen LogP) is 0.960. The number of hydrogen-bond donors (Lipinski definition) is 2. The molecule has 2 rings (SSSR count). The van der Waals surface area contributed by atoms with Gasteiger partial charge in [0, 0.05) is 24.8 Å². The second-order valence-electron chi connectivity index (χ2n) is 4.70. The predicted molar refractivity (Wildman–Crippen MR) is 75.2 cm³/mol. The van der Waals surface area contributed by atoms with Gasteiger partial charge in [-0.05, 0) is 18.7 Å². The van der Waals surface area contributed by atoms with Gasteiger partial charge >= 0.3 is 5.69 Å². The molecule has 0 saturated carbocycles. The summed E-state index contributed by atoms with van der Waals surface area (Å²) < 4.78 is 5.41. The van der Waals surface area contributed by atoms with Crippen molar-refractivity contribution in [2.45, 2.75) is 13.0 Å². The smallest absolute Gasteiger partial charge is 0.312 e. The number of carbonyl (C=O) groups is 1. The van der Waals surface area contributed by atoms with Gasteiger partial charge in [-0.1, -0.05) is 6.92 Å². The zero-order valence-electron chi connectivity index (χ0n) is 11.6. The molecular weight excluding hydrogens is 278 g/mol. The first kappa shape index (κ1) is 15.2. The highest BCUT2D eigenvalue weighted by atomic mass is 16.6. The molecule has 1 atom stereocenters. The Morgan fingerprint density at radius 1 is 1.62 bits per heavy atom. The van der Waals surface area contributed by atoms with E-state index in [-0.39, 0.29) is 11.6 Å². The van der Waals surface area contributed by atoms with Crippen LogP contribution < -0.4 is 5.32 Å². The van der Waals surface area contributed by atoms with Crippen molar-refractivity contribution in [3.8, 4) is 5.75 Å². The van der Waals surface area contributed by atoms with E-state index in [1.54, 1.807) is 0 Å². The summed E-state index contributed by atoms with van der Waals surface area (Å²) in [6, 6.07) is 3.70. The number of phenolic OH excluding ortho intramolecular Hbond substituents is 1. The third kappa shape index (κ3) is 3.67. The fourth-order valence-corrected chi connectivity index (χ4v) is 2.12. The molecule has 1 aliphatic rings. The molecule has 1 aromatic rings. The van der Waals surface area contributed by atoms with Crippen molar-refractivity contribution in [3.05, 3.63) is 28.3 Å². The number of nitrogens with one attached hydrogen (secondary N) is 1. The SMILES string of the molecule is CCN1CCO[C@H](C(=O)Nc2ccc(O)c([N+](=O)[O-])c2)C1. The van der Waals surface area contributed by atoms with Gasteiger partial charge in [0.25, 0.3) is 5.91 Å². The minimum atomic E-state index is -0.707. The van der Waals surface area contributed by atoms with Crippen LogP contribution in [0.25, 0.3) is 0 Å². The van der Waals surface area contributed by atoms with E-state index in [1.807, 2.05) is 6.92 Å². The number of aromatic hydroxyl groups is 1. The third-order valence-corrected chi connectivity index (χ3v) is 3.33. The van der Waals surface area contributed by atoms with Gasteiger partial charge in [0.05, 0.1) is 11.5 Å². The maximum absolute atomic E-state index is 12.1. The number of nitro groups is 1. The van der Waals surface area contributed by atoms with E-state index in [2.05, 4.69) is 10.2 Å². The van der Waals surface area contributed by atoms with Crippen LogP contribution in [0.2, 0.25) is 0 Å². The lowest BCUT2D eigenvalue weighted by atomic mass is 10.2. The van der Waals surface area contributed by atoms with Gasteiger partial charge in [0.1, 0.15) is 6.10 Å². The van der Waals surface area contributed by atoms with Gasteiger partial charge in [-0.3, -0.25) is 19.8 Å². The number of amides is 1. The Morgan fingerprint density at radius 2 is 2.38 bits per heavy atom. The average Bonchev–Trinajstić information content (AvgIpc) is 2.49. The Balaban J connectivity index is 2.05. The number of nitrogens with zero attached hydrogens (tertiary/aromatic N) is 2. The van der Waals surface area contributed by atoms with Crippen molar-refractivity contribution in [2.24, 2.45) is 0 Å². The molecule has 0 radical (unpaired) electrons. The highest BCUT2D eigenvalue weighted by Gasteiger charge is 2.26. The monoisotopic (exact) mass is 295 g/mol. The summed E-state index contributed by atoms with van der Waals surface area (Å²) in [6.07, 6.45) is -0.605. The minimum absolute atomic E-state index is 0.252. The van der Waals surface area contributed by atoms with Crippen LogP contribution in [0, 0.1) is 10.1 Å². The van der Waals surface area contributed by atoms with E-state index in [0.717, 1.165) is 19.2 Å². The van der Waals surface area contributed by atoms with Crippen molar-refractivity contribution in [1.82, 2.24) is 4.90 Å². The molecular formula is C13H17N3O5. The molecule has 1 aromatic carbocycles. The number of phenols is 1. The number of morpholine rings is 1. The summed E-state index contributed by atoms with van der Waals surface area (Å²) in [5.41, 5.74) is -0.200. The van der Waals surface area contributed by atoms with E-state index < -0.39 is 22.5 Å². The van der Waals surface area contributed by atoms with Crippen LogP contribution in [0.3, 0.4) is 0 Å². The summed E-state index contributed by atoms with van der Waals surface area (Å²) in [5, 5.41) is 22.7. The summed E-state index contributed by atoms with van der Waals surface area (Å²) in [7, 11) is 0. The minimum Gasteiger partial charge on any atom is -0.502 e. The third-order valence-electron chi connectivity index (χ3n) is 3.33. The fraction of sp³-hybridized carbons (Fsp3) is 0.462.